The van der Waals surface area contributed by atoms with E-state index in [2.05, 4.69) is 24.3 Å². The molecule has 0 unspecified atom stereocenters. The predicted molar refractivity (Wildman–Crippen MR) is 93.9 cm³/mol. The molecule has 1 N–H and O–H groups in total. The molecule has 12 heteroatoms. The third-order valence-corrected chi connectivity index (χ3v) is 3.17. The Labute approximate surface area is 168 Å². The predicted octanol–water partition coefficient (Wildman–Crippen LogP) is 2.51. The maximum absolute atomic E-state index is 12.6. The van der Waals surface area contributed by atoms with Gasteiger partial charge in [-0.2, -0.15) is 17.6 Å². The molecule has 0 aliphatic rings. The number of hydrogen-bond donors (Lipinski definition) is 1. The first-order valence-corrected chi connectivity index (χ1v) is 8.53. The van der Waals surface area contributed by atoms with Crippen LogP contribution < -0.4 is 14.8 Å². The van der Waals surface area contributed by atoms with Crippen LogP contribution in [0.3, 0.4) is 0 Å². The van der Waals surface area contributed by atoms with Crippen molar-refractivity contribution in [2.24, 2.45) is 0 Å². The summed E-state index contributed by atoms with van der Waals surface area (Å²) in [7, 11) is 0. The molecule has 0 saturated heterocycles. The highest BCUT2D eigenvalue weighted by Gasteiger charge is 2.30. The maximum Gasteiger partial charge on any atom is 0.387 e. The summed E-state index contributed by atoms with van der Waals surface area (Å²) in [6.07, 6.45) is 1.82. The van der Waals surface area contributed by atoms with Crippen LogP contribution in [0.4, 0.5) is 17.6 Å². The molecule has 1 rings (SSSR count). The van der Waals surface area contributed by atoms with E-state index in [-0.39, 0.29) is 18.8 Å². The summed E-state index contributed by atoms with van der Waals surface area (Å²) in [5.41, 5.74) is -0.0871. The quantitative estimate of drug-likeness (QED) is 0.246. The van der Waals surface area contributed by atoms with Crippen molar-refractivity contribution in [1.29, 1.82) is 0 Å². The number of ether oxygens (including phenoxy) is 4. The minimum Gasteiger partial charge on any atom is -0.464 e. The Morgan fingerprint density at radius 3 is 2.03 bits per heavy atom. The Hall–Kier alpha value is -3.31. The summed E-state index contributed by atoms with van der Waals surface area (Å²) in [4.78, 5) is 35.7. The zero-order valence-electron chi connectivity index (χ0n) is 15.9. The lowest BCUT2D eigenvalue weighted by molar-refractivity contribution is -0.159. The van der Waals surface area contributed by atoms with Crippen LogP contribution in [0.1, 0.15) is 19.4 Å². The van der Waals surface area contributed by atoms with Crippen molar-refractivity contribution in [3.8, 4) is 11.5 Å². The highest BCUT2D eigenvalue weighted by molar-refractivity contribution is 6.04. The molecule has 0 spiro atoms. The van der Waals surface area contributed by atoms with E-state index in [0.29, 0.717) is 0 Å². The third-order valence-electron chi connectivity index (χ3n) is 3.17. The van der Waals surface area contributed by atoms with Gasteiger partial charge in [0.25, 0.3) is 0 Å². The molecule has 1 amide bonds. The van der Waals surface area contributed by atoms with Crippen molar-refractivity contribution in [3.05, 3.63) is 29.8 Å². The second-order valence-corrected chi connectivity index (χ2v) is 5.24. The Balaban J connectivity index is 3.00. The summed E-state index contributed by atoms with van der Waals surface area (Å²) in [6, 6.07) is 1.19. The van der Waals surface area contributed by atoms with Gasteiger partial charge in [0.1, 0.15) is 11.5 Å². The molecule has 166 valence electrons. The lowest BCUT2D eigenvalue weighted by Crippen LogP contribution is -2.47. The summed E-state index contributed by atoms with van der Waals surface area (Å²) in [5.74, 6) is -4.04. The van der Waals surface area contributed by atoms with Crippen LogP contribution in [-0.4, -0.2) is 50.3 Å². The number of benzene rings is 1. The lowest BCUT2D eigenvalue weighted by atomic mass is 10.1. The molecule has 0 bridgehead atoms. The largest absolute Gasteiger partial charge is 0.464 e. The molecule has 0 aliphatic heterocycles. The molecule has 1 aromatic carbocycles. The fourth-order valence-corrected chi connectivity index (χ4v) is 2.05. The Kier molecular flexibility index (Phi) is 10.1. The highest BCUT2D eigenvalue weighted by atomic mass is 19.3. The Bertz CT molecular complexity index is 753. The first-order chi connectivity index (χ1) is 14.2. The van der Waals surface area contributed by atoms with E-state index < -0.39 is 48.6 Å². The van der Waals surface area contributed by atoms with Gasteiger partial charge in [-0.15, -0.1) is 0 Å². The standard InChI is InChI=1S/C18H19F4NO7/c1-3-27-15(25)14(16(26)28-4-2)23-13(24)8-6-10-5-7-11(29-17(19)20)9-12(10)30-18(21)22/h5-9,14,17-18H,3-4H2,1-2H3,(H,23,24)/b8-6+. The van der Waals surface area contributed by atoms with Crippen molar-refractivity contribution in [2.45, 2.75) is 33.1 Å². The Morgan fingerprint density at radius 2 is 1.53 bits per heavy atom. The van der Waals surface area contributed by atoms with Crippen molar-refractivity contribution in [1.82, 2.24) is 5.32 Å². The normalized spacial score (nSPS) is 11.1. The average Bonchev–Trinajstić information content (AvgIpc) is 2.64. The third kappa shape index (κ3) is 8.37. The van der Waals surface area contributed by atoms with Crippen LogP contribution in [0.15, 0.2) is 24.3 Å². The van der Waals surface area contributed by atoms with Crippen LogP contribution in [-0.2, 0) is 23.9 Å². The van der Waals surface area contributed by atoms with Crippen LogP contribution >= 0.6 is 0 Å². The first kappa shape index (κ1) is 24.7. The van der Waals surface area contributed by atoms with Crippen LogP contribution in [0.25, 0.3) is 6.08 Å². The molecule has 30 heavy (non-hydrogen) atoms. The Morgan fingerprint density at radius 1 is 0.967 bits per heavy atom. The molecule has 0 radical (unpaired) electrons. The molecule has 0 aliphatic carbocycles. The molecule has 0 atom stereocenters. The number of esters is 2. The van der Waals surface area contributed by atoms with Gasteiger partial charge in [-0.25, -0.2) is 9.59 Å². The van der Waals surface area contributed by atoms with Gasteiger partial charge in [0.2, 0.25) is 11.9 Å². The minimum atomic E-state index is -3.27. The van der Waals surface area contributed by atoms with Crippen LogP contribution in [0, 0.1) is 0 Å². The SMILES string of the molecule is CCOC(=O)C(NC(=O)/C=C/c1ccc(OC(F)F)cc1OC(F)F)C(=O)OCC. The first-order valence-electron chi connectivity index (χ1n) is 8.53. The number of amides is 1. The molecule has 1 aromatic rings. The van der Waals surface area contributed by atoms with Gasteiger partial charge in [-0.1, -0.05) is 0 Å². The fourth-order valence-electron chi connectivity index (χ4n) is 2.05. The zero-order chi connectivity index (χ0) is 22.7. The highest BCUT2D eigenvalue weighted by Crippen LogP contribution is 2.28. The molecular weight excluding hydrogens is 418 g/mol. The number of hydrogen-bond acceptors (Lipinski definition) is 7. The number of carbonyl (C=O) groups is 3. The number of halogens is 4. The monoisotopic (exact) mass is 437 g/mol. The number of nitrogens with one attached hydrogen (secondary N) is 1. The average molecular weight is 437 g/mol. The van der Waals surface area contributed by atoms with Crippen molar-refractivity contribution < 1.29 is 50.9 Å². The summed E-state index contributed by atoms with van der Waals surface area (Å²) >= 11 is 0. The van der Waals surface area contributed by atoms with Crippen molar-refractivity contribution in [2.75, 3.05) is 13.2 Å². The van der Waals surface area contributed by atoms with E-state index >= 15 is 0 Å². The minimum absolute atomic E-state index is 0.0538. The van der Waals surface area contributed by atoms with Gasteiger partial charge in [-0.3, -0.25) is 4.79 Å². The van der Waals surface area contributed by atoms with Crippen molar-refractivity contribution >= 4 is 23.9 Å². The topological polar surface area (TPSA) is 100 Å². The van der Waals surface area contributed by atoms with E-state index in [0.717, 1.165) is 30.4 Å². The number of carbonyl (C=O) groups excluding carboxylic acids is 3. The smallest absolute Gasteiger partial charge is 0.387 e. The van der Waals surface area contributed by atoms with Gasteiger partial charge < -0.3 is 24.3 Å². The van der Waals surface area contributed by atoms with Crippen LogP contribution in [0.2, 0.25) is 0 Å². The molecule has 8 nitrogen and oxygen atoms in total. The van der Waals surface area contributed by atoms with Gasteiger partial charge in [0.05, 0.1) is 13.2 Å². The van der Waals surface area contributed by atoms with Gasteiger partial charge in [0, 0.05) is 17.7 Å². The molecule has 0 saturated carbocycles. The fraction of sp³-hybridized carbons (Fsp3) is 0.389. The zero-order valence-corrected chi connectivity index (χ0v) is 15.9. The number of alkyl halides is 4. The van der Waals surface area contributed by atoms with Crippen LogP contribution in [0.5, 0.6) is 11.5 Å². The molecular formula is C18H19F4NO7. The van der Waals surface area contributed by atoms with E-state index in [1.165, 1.54) is 13.8 Å². The number of rotatable bonds is 11. The van der Waals surface area contributed by atoms with Gasteiger partial charge in [0.15, 0.2) is 0 Å². The molecule has 0 fully saturated rings. The molecule has 0 aromatic heterocycles. The van der Waals surface area contributed by atoms with E-state index in [1.54, 1.807) is 0 Å². The summed E-state index contributed by atoms with van der Waals surface area (Å²) < 4.78 is 67.4. The molecule has 0 heterocycles. The summed E-state index contributed by atoms with van der Waals surface area (Å²) in [5, 5.41) is 2.07. The lowest BCUT2D eigenvalue weighted by Gasteiger charge is -2.15. The van der Waals surface area contributed by atoms with Crippen molar-refractivity contribution in [3.63, 3.8) is 0 Å². The second kappa shape index (κ2) is 12.3. The van der Waals surface area contributed by atoms with Gasteiger partial charge >= 0.3 is 25.2 Å². The van der Waals surface area contributed by atoms with E-state index in [9.17, 15) is 31.9 Å². The van der Waals surface area contributed by atoms with Gasteiger partial charge in [-0.05, 0) is 32.1 Å². The second-order valence-electron chi connectivity index (χ2n) is 5.24. The summed E-state index contributed by atoms with van der Waals surface area (Å²) in [6.45, 7) is -3.57. The maximum atomic E-state index is 12.6. The van der Waals surface area contributed by atoms with E-state index in [4.69, 9.17) is 0 Å². The van der Waals surface area contributed by atoms with E-state index in [1.807, 2.05) is 0 Å².